The highest BCUT2D eigenvalue weighted by atomic mass is 16.3. The molecule has 4 N–H and O–H groups in total. The molecule has 0 radical (unpaired) electrons. The van der Waals surface area contributed by atoms with Crippen molar-refractivity contribution in [2.75, 3.05) is 11.4 Å². The predicted molar refractivity (Wildman–Crippen MR) is 186 cm³/mol. The zero-order valence-electron chi connectivity index (χ0n) is 27.3. The highest BCUT2D eigenvalue weighted by molar-refractivity contribution is 6.00. The van der Waals surface area contributed by atoms with Crippen molar-refractivity contribution in [3.05, 3.63) is 125 Å². The minimum Gasteiger partial charge on any atom is -0.392 e. The van der Waals surface area contributed by atoms with Crippen LogP contribution in [0, 0.1) is 0 Å². The van der Waals surface area contributed by atoms with Gasteiger partial charge in [0.25, 0.3) is 5.91 Å². The van der Waals surface area contributed by atoms with E-state index >= 15 is 0 Å². The van der Waals surface area contributed by atoms with E-state index in [0.717, 1.165) is 33.5 Å². The van der Waals surface area contributed by atoms with Crippen LogP contribution in [-0.2, 0) is 29.1 Å². The fourth-order valence-corrected chi connectivity index (χ4v) is 5.94. The number of para-hydroxylation sites is 1. The number of aliphatic hydroxyl groups excluding tert-OH is 1. The van der Waals surface area contributed by atoms with Crippen molar-refractivity contribution >= 4 is 23.4 Å². The van der Waals surface area contributed by atoms with Crippen LogP contribution in [0.15, 0.2) is 103 Å². The van der Waals surface area contributed by atoms with Gasteiger partial charge in [-0.25, -0.2) is 0 Å². The summed E-state index contributed by atoms with van der Waals surface area (Å²) >= 11 is 0. The third kappa shape index (κ3) is 8.93. The number of carbonyl (C=O) groups excluding carboxylic acids is 3. The molecule has 1 heterocycles. The Bertz CT molecular complexity index is 1680. The van der Waals surface area contributed by atoms with Crippen molar-refractivity contribution in [2.45, 2.75) is 70.8 Å². The van der Waals surface area contributed by atoms with E-state index in [1.54, 1.807) is 24.0 Å². The van der Waals surface area contributed by atoms with Crippen molar-refractivity contribution in [1.82, 2.24) is 16.0 Å². The first kappa shape index (κ1) is 33.6. The van der Waals surface area contributed by atoms with E-state index in [0.29, 0.717) is 38.0 Å². The molecule has 2 atom stereocenters. The van der Waals surface area contributed by atoms with Crippen LogP contribution in [-0.4, -0.2) is 47.1 Å². The molecule has 1 aliphatic rings. The quantitative estimate of drug-likeness (QED) is 0.168. The smallest absolute Gasteiger partial charge is 0.251 e. The molecule has 3 amide bonds. The number of benzene rings is 4. The summed E-state index contributed by atoms with van der Waals surface area (Å²) in [6, 6.07) is 32.6. The van der Waals surface area contributed by atoms with E-state index in [4.69, 9.17) is 0 Å². The number of hydrogen-bond donors (Lipinski definition) is 4. The maximum absolute atomic E-state index is 14.0. The molecule has 244 valence electrons. The van der Waals surface area contributed by atoms with Crippen LogP contribution in [0.3, 0.4) is 0 Å². The number of rotatable bonds is 12. The molecular weight excluding hydrogens is 588 g/mol. The number of aryl methyl sites for hydroxylation is 1. The van der Waals surface area contributed by atoms with Gasteiger partial charge in [-0.15, -0.1) is 0 Å². The largest absolute Gasteiger partial charge is 0.392 e. The lowest BCUT2D eigenvalue weighted by Gasteiger charge is -2.29. The lowest BCUT2D eigenvalue weighted by atomic mass is 9.98. The Balaban J connectivity index is 1.30. The summed E-state index contributed by atoms with van der Waals surface area (Å²) in [6.45, 7) is 6.65. The van der Waals surface area contributed by atoms with E-state index in [2.05, 4.69) is 16.0 Å². The number of fused-ring (bicyclic) bond motifs is 1. The maximum Gasteiger partial charge on any atom is 0.251 e. The summed E-state index contributed by atoms with van der Waals surface area (Å²) in [7, 11) is 0. The number of carbonyl (C=O) groups is 3. The first-order valence-electron chi connectivity index (χ1n) is 16.2. The number of amides is 3. The molecule has 0 saturated heterocycles. The van der Waals surface area contributed by atoms with Gasteiger partial charge in [0.2, 0.25) is 11.8 Å². The summed E-state index contributed by atoms with van der Waals surface area (Å²) < 4.78 is 0. The minimum absolute atomic E-state index is 0.121. The first-order chi connectivity index (χ1) is 22.6. The number of hydrogen-bond acceptors (Lipinski definition) is 5. The van der Waals surface area contributed by atoms with Gasteiger partial charge in [-0.3, -0.25) is 14.4 Å². The van der Waals surface area contributed by atoms with E-state index in [1.165, 1.54) is 0 Å². The monoisotopic (exact) mass is 632 g/mol. The molecule has 8 heteroatoms. The normalized spacial score (nSPS) is 15.4. The standard InChI is InChI=1S/C39H44N4O4/c1-27(44)24-41-39(2,3)23-36(45)42-34-22-21-30-11-8-10-16-35(30)43(38(34)47)26-28-17-19-29(20-18-28)33-15-9-7-14-32(33)25-40-37(46)31-12-5-4-6-13-31/h4-20,27,34,41,44H,21-26H2,1-3H3,(H,40,46)(H,42,45)/t27-,34-/m1/s1. The van der Waals surface area contributed by atoms with Gasteiger partial charge in [-0.1, -0.05) is 84.9 Å². The summed E-state index contributed by atoms with van der Waals surface area (Å²) in [5, 5.41) is 18.9. The van der Waals surface area contributed by atoms with E-state index in [-0.39, 0.29) is 24.1 Å². The topological polar surface area (TPSA) is 111 Å². The second-order valence-electron chi connectivity index (χ2n) is 12.9. The van der Waals surface area contributed by atoms with Gasteiger partial charge in [0.1, 0.15) is 6.04 Å². The Morgan fingerprint density at radius 1 is 0.915 bits per heavy atom. The molecule has 0 bridgehead atoms. The van der Waals surface area contributed by atoms with Gasteiger partial charge in [0.05, 0.1) is 12.6 Å². The summed E-state index contributed by atoms with van der Waals surface area (Å²) in [4.78, 5) is 41.6. The highest BCUT2D eigenvalue weighted by Gasteiger charge is 2.32. The van der Waals surface area contributed by atoms with Crippen molar-refractivity contribution in [3.63, 3.8) is 0 Å². The fraction of sp³-hybridized carbons (Fsp3) is 0.308. The SMILES string of the molecule is C[C@@H](O)CNC(C)(C)CC(=O)N[C@@H]1CCc2ccccc2N(Cc2ccc(-c3ccccc3CNC(=O)c3ccccc3)cc2)C1=O. The Labute approximate surface area is 277 Å². The third-order valence-electron chi connectivity index (χ3n) is 8.46. The molecule has 0 saturated carbocycles. The van der Waals surface area contributed by atoms with Gasteiger partial charge < -0.3 is 26.0 Å². The van der Waals surface area contributed by atoms with Crippen molar-refractivity contribution in [3.8, 4) is 11.1 Å². The van der Waals surface area contributed by atoms with Crippen LogP contribution in [0.25, 0.3) is 11.1 Å². The molecule has 8 nitrogen and oxygen atoms in total. The Kier molecular flexibility index (Phi) is 10.9. The van der Waals surface area contributed by atoms with Gasteiger partial charge in [-0.2, -0.15) is 0 Å². The number of anilines is 1. The summed E-state index contributed by atoms with van der Waals surface area (Å²) in [5.41, 5.74) is 6.01. The third-order valence-corrected chi connectivity index (χ3v) is 8.46. The van der Waals surface area contributed by atoms with Gasteiger partial charge in [0, 0.05) is 36.3 Å². The van der Waals surface area contributed by atoms with Crippen molar-refractivity contribution in [2.24, 2.45) is 0 Å². The summed E-state index contributed by atoms with van der Waals surface area (Å²) in [5.74, 6) is -0.466. The maximum atomic E-state index is 14.0. The predicted octanol–water partition coefficient (Wildman–Crippen LogP) is 5.39. The first-order valence-corrected chi connectivity index (χ1v) is 16.2. The molecule has 4 aromatic carbocycles. The average molecular weight is 633 g/mol. The van der Waals surface area contributed by atoms with Crippen LogP contribution in [0.1, 0.15) is 60.7 Å². The lowest BCUT2D eigenvalue weighted by molar-refractivity contribution is -0.128. The van der Waals surface area contributed by atoms with Crippen molar-refractivity contribution < 1.29 is 19.5 Å². The molecule has 1 aliphatic heterocycles. The molecule has 5 rings (SSSR count). The van der Waals surface area contributed by atoms with Crippen LogP contribution >= 0.6 is 0 Å². The van der Waals surface area contributed by atoms with Crippen LogP contribution in [0.4, 0.5) is 5.69 Å². The summed E-state index contributed by atoms with van der Waals surface area (Å²) in [6.07, 6.45) is 0.832. The molecule has 0 fully saturated rings. The zero-order chi connectivity index (χ0) is 33.4. The van der Waals surface area contributed by atoms with Crippen LogP contribution in [0.5, 0.6) is 0 Å². The molecule has 0 unspecified atom stereocenters. The van der Waals surface area contributed by atoms with Crippen LogP contribution < -0.4 is 20.9 Å². The Morgan fingerprint density at radius 2 is 1.60 bits per heavy atom. The molecule has 4 aromatic rings. The van der Waals surface area contributed by atoms with Crippen LogP contribution in [0.2, 0.25) is 0 Å². The molecule has 0 aliphatic carbocycles. The second kappa shape index (κ2) is 15.2. The van der Waals surface area contributed by atoms with E-state index in [9.17, 15) is 19.5 Å². The van der Waals surface area contributed by atoms with Crippen molar-refractivity contribution in [1.29, 1.82) is 0 Å². The Hall–Kier alpha value is -4.79. The van der Waals surface area contributed by atoms with E-state index in [1.807, 2.05) is 105 Å². The minimum atomic E-state index is -0.653. The molecule has 47 heavy (non-hydrogen) atoms. The van der Waals surface area contributed by atoms with Gasteiger partial charge >= 0.3 is 0 Å². The fourth-order valence-electron chi connectivity index (χ4n) is 5.94. The molecule has 0 aromatic heterocycles. The molecule has 0 spiro atoms. The van der Waals surface area contributed by atoms with Gasteiger partial charge in [0.15, 0.2) is 0 Å². The second-order valence-corrected chi connectivity index (χ2v) is 12.9. The number of nitrogens with one attached hydrogen (secondary N) is 3. The highest BCUT2D eigenvalue weighted by Crippen LogP contribution is 2.30. The number of nitrogens with zero attached hydrogens (tertiary/aromatic N) is 1. The zero-order valence-corrected chi connectivity index (χ0v) is 27.3. The van der Waals surface area contributed by atoms with E-state index < -0.39 is 17.7 Å². The number of aliphatic hydroxyl groups is 1. The number of β-amino-alcohol motifs (C(OH)–C–C–N with tert-alkyl or cyclic N) is 1. The lowest BCUT2D eigenvalue weighted by Crippen LogP contribution is -2.51. The average Bonchev–Trinajstić information content (AvgIpc) is 3.19. The Morgan fingerprint density at radius 3 is 2.34 bits per heavy atom. The molecular formula is C39H44N4O4. The van der Waals surface area contributed by atoms with Gasteiger partial charge in [-0.05, 0) is 79.6 Å².